The van der Waals surface area contributed by atoms with E-state index < -0.39 is 10.0 Å². The quantitative estimate of drug-likeness (QED) is 0.872. The lowest BCUT2D eigenvalue weighted by atomic mass is 10.0. The Bertz CT molecular complexity index is 522. The molecule has 1 aromatic carbocycles. The molecule has 0 saturated heterocycles. The molecule has 0 radical (unpaired) electrons. The Morgan fingerprint density at radius 2 is 1.61 bits per heavy atom. The van der Waals surface area contributed by atoms with Gasteiger partial charge in [0.1, 0.15) is 0 Å². The molecule has 0 heterocycles. The van der Waals surface area contributed by atoms with E-state index in [1.54, 1.807) is 6.92 Å². The molecule has 4 nitrogen and oxygen atoms in total. The maximum Gasteiger partial charge on any atom is 0.241 e. The summed E-state index contributed by atoms with van der Waals surface area (Å²) in [5.41, 5.74) is 9.16. The Labute approximate surface area is 110 Å². The van der Waals surface area contributed by atoms with Crippen LogP contribution in [0.2, 0.25) is 0 Å². The van der Waals surface area contributed by atoms with Crippen LogP contribution < -0.4 is 10.5 Å². The molecule has 18 heavy (non-hydrogen) atoms. The Morgan fingerprint density at radius 3 is 2.00 bits per heavy atom. The summed E-state index contributed by atoms with van der Waals surface area (Å²) in [7, 11) is -3.49. The molecular formula is C13H22N2O2S. The van der Waals surface area contributed by atoms with Crippen LogP contribution in [0.15, 0.2) is 11.0 Å². The second-order valence-corrected chi connectivity index (χ2v) is 6.62. The molecule has 0 bridgehead atoms. The van der Waals surface area contributed by atoms with E-state index in [2.05, 4.69) is 4.72 Å². The molecule has 0 spiro atoms. The van der Waals surface area contributed by atoms with Crippen molar-refractivity contribution < 1.29 is 8.42 Å². The van der Waals surface area contributed by atoms with Crippen LogP contribution in [-0.4, -0.2) is 21.0 Å². The number of hydrogen-bond donors (Lipinski definition) is 2. The minimum absolute atomic E-state index is 0.203. The zero-order valence-electron chi connectivity index (χ0n) is 11.7. The van der Waals surface area contributed by atoms with Crippen LogP contribution in [0, 0.1) is 27.7 Å². The van der Waals surface area contributed by atoms with Crippen molar-refractivity contribution in [1.82, 2.24) is 4.72 Å². The fraction of sp³-hybridized carbons (Fsp3) is 0.538. The highest BCUT2D eigenvalue weighted by molar-refractivity contribution is 7.89. The topological polar surface area (TPSA) is 72.2 Å². The van der Waals surface area contributed by atoms with Gasteiger partial charge in [0, 0.05) is 12.6 Å². The zero-order valence-corrected chi connectivity index (χ0v) is 12.5. The van der Waals surface area contributed by atoms with Crippen molar-refractivity contribution in [3.05, 3.63) is 28.3 Å². The van der Waals surface area contributed by atoms with E-state index in [0.29, 0.717) is 4.90 Å². The van der Waals surface area contributed by atoms with Gasteiger partial charge in [-0.2, -0.15) is 0 Å². The van der Waals surface area contributed by atoms with Gasteiger partial charge in [-0.25, -0.2) is 13.1 Å². The predicted molar refractivity (Wildman–Crippen MR) is 74.2 cm³/mol. The first-order valence-electron chi connectivity index (χ1n) is 5.99. The van der Waals surface area contributed by atoms with Gasteiger partial charge in [0.2, 0.25) is 10.0 Å². The van der Waals surface area contributed by atoms with Crippen LogP contribution in [0.4, 0.5) is 0 Å². The van der Waals surface area contributed by atoms with Gasteiger partial charge in [-0.3, -0.25) is 0 Å². The number of aryl methyl sites for hydroxylation is 2. The highest BCUT2D eigenvalue weighted by atomic mass is 32.2. The van der Waals surface area contributed by atoms with Crippen LogP contribution >= 0.6 is 0 Å². The van der Waals surface area contributed by atoms with Crippen molar-refractivity contribution in [1.29, 1.82) is 0 Å². The number of nitrogens with one attached hydrogen (secondary N) is 1. The summed E-state index contributed by atoms with van der Waals surface area (Å²) in [6.07, 6.45) is 0. The maximum atomic E-state index is 12.3. The van der Waals surface area contributed by atoms with E-state index in [1.807, 2.05) is 33.8 Å². The first kappa shape index (κ1) is 15.1. The largest absolute Gasteiger partial charge is 0.327 e. The van der Waals surface area contributed by atoms with E-state index in [-0.39, 0.29) is 12.6 Å². The lowest BCUT2D eigenvalue weighted by Crippen LogP contribution is -2.35. The smallest absolute Gasteiger partial charge is 0.241 e. The van der Waals surface area contributed by atoms with Crippen LogP contribution in [0.5, 0.6) is 0 Å². The average Bonchev–Trinajstić information content (AvgIpc) is 2.24. The molecule has 1 atom stereocenters. The Kier molecular flexibility index (Phi) is 4.53. The standard InChI is InChI=1S/C13H22N2O2S/c1-8-6-9(2)12(5)13(11(8)4)18(16,17)15-7-10(3)14/h6,10,15H,7,14H2,1-5H3. The van der Waals surface area contributed by atoms with Crippen LogP contribution in [0.3, 0.4) is 0 Å². The van der Waals surface area contributed by atoms with Gasteiger partial charge in [-0.1, -0.05) is 6.07 Å². The molecular weight excluding hydrogens is 248 g/mol. The molecule has 0 fully saturated rings. The average molecular weight is 270 g/mol. The highest BCUT2D eigenvalue weighted by Gasteiger charge is 2.21. The number of benzene rings is 1. The Hall–Kier alpha value is -0.910. The molecule has 1 rings (SSSR count). The van der Waals surface area contributed by atoms with E-state index in [9.17, 15) is 8.42 Å². The molecule has 3 N–H and O–H groups in total. The molecule has 0 aromatic heterocycles. The van der Waals surface area contributed by atoms with Crippen molar-refractivity contribution in [2.75, 3.05) is 6.54 Å². The third kappa shape index (κ3) is 3.10. The van der Waals surface area contributed by atoms with E-state index >= 15 is 0 Å². The molecule has 0 amide bonds. The van der Waals surface area contributed by atoms with Crippen LogP contribution in [0.1, 0.15) is 29.2 Å². The van der Waals surface area contributed by atoms with Crippen molar-refractivity contribution in [3.8, 4) is 0 Å². The molecule has 0 aliphatic carbocycles. The van der Waals surface area contributed by atoms with Crippen molar-refractivity contribution >= 4 is 10.0 Å². The summed E-state index contributed by atoms with van der Waals surface area (Å²) < 4.78 is 27.2. The number of hydrogen-bond acceptors (Lipinski definition) is 3. The minimum Gasteiger partial charge on any atom is -0.327 e. The number of nitrogens with two attached hydrogens (primary N) is 1. The zero-order chi connectivity index (χ0) is 14.1. The lowest BCUT2D eigenvalue weighted by Gasteiger charge is -2.16. The van der Waals surface area contributed by atoms with Gasteiger partial charge in [0.05, 0.1) is 4.90 Å². The molecule has 1 aromatic rings. The summed E-state index contributed by atoms with van der Waals surface area (Å²) in [6, 6.07) is 1.81. The van der Waals surface area contributed by atoms with Crippen molar-refractivity contribution in [2.24, 2.45) is 5.73 Å². The molecule has 1 unspecified atom stereocenters. The monoisotopic (exact) mass is 270 g/mol. The fourth-order valence-corrected chi connectivity index (χ4v) is 3.65. The number of sulfonamides is 1. The third-order valence-electron chi connectivity index (χ3n) is 3.16. The molecule has 5 heteroatoms. The number of rotatable bonds is 4. The SMILES string of the molecule is Cc1cc(C)c(C)c(S(=O)(=O)NCC(C)N)c1C. The molecule has 0 aliphatic heterocycles. The Morgan fingerprint density at radius 1 is 1.17 bits per heavy atom. The van der Waals surface area contributed by atoms with Gasteiger partial charge in [0.25, 0.3) is 0 Å². The molecule has 0 aliphatic rings. The predicted octanol–water partition coefficient (Wildman–Crippen LogP) is 1.55. The Balaban J connectivity index is 3.32. The maximum absolute atomic E-state index is 12.3. The first-order valence-corrected chi connectivity index (χ1v) is 7.47. The summed E-state index contributed by atoms with van der Waals surface area (Å²) in [4.78, 5) is 0.389. The summed E-state index contributed by atoms with van der Waals surface area (Å²) in [6.45, 7) is 9.53. The van der Waals surface area contributed by atoms with Gasteiger partial charge < -0.3 is 5.73 Å². The van der Waals surface area contributed by atoms with E-state index in [1.165, 1.54) is 0 Å². The summed E-state index contributed by atoms with van der Waals surface area (Å²) in [5, 5.41) is 0. The van der Waals surface area contributed by atoms with E-state index in [0.717, 1.165) is 22.3 Å². The normalized spacial score (nSPS) is 13.7. The summed E-state index contributed by atoms with van der Waals surface area (Å²) >= 11 is 0. The highest BCUT2D eigenvalue weighted by Crippen LogP contribution is 2.25. The van der Waals surface area contributed by atoms with Crippen LogP contribution in [-0.2, 0) is 10.0 Å². The van der Waals surface area contributed by atoms with Gasteiger partial charge in [-0.15, -0.1) is 0 Å². The molecule has 0 saturated carbocycles. The fourth-order valence-electron chi connectivity index (χ4n) is 1.90. The van der Waals surface area contributed by atoms with Gasteiger partial charge in [0.15, 0.2) is 0 Å². The van der Waals surface area contributed by atoms with Crippen LogP contribution in [0.25, 0.3) is 0 Å². The minimum atomic E-state index is -3.49. The van der Waals surface area contributed by atoms with Gasteiger partial charge >= 0.3 is 0 Å². The van der Waals surface area contributed by atoms with Gasteiger partial charge in [-0.05, 0) is 56.9 Å². The third-order valence-corrected chi connectivity index (χ3v) is 4.86. The second-order valence-electron chi connectivity index (χ2n) is 4.92. The van der Waals surface area contributed by atoms with Crippen molar-refractivity contribution in [3.63, 3.8) is 0 Å². The molecule has 102 valence electrons. The first-order chi connectivity index (χ1) is 8.16. The van der Waals surface area contributed by atoms with Crippen molar-refractivity contribution in [2.45, 2.75) is 45.6 Å². The van der Waals surface area contributed by atoms with E-state index in [4.69, 9.17) is 5.73 Å². The lowest BCUT2D eigenvalue weighted by molar-refractivity contribution is 0.572. The second kappa shape index (κ2) is 5.38. The summed E-state index contributed by atoms with van der Waals surface area (Å²) in [5.74, 6) is 0.